The number of halogens is 1. The van der Waals surface area contributed by atoms with Gasteiger partial charge < -0.3 is 19.4 Å². The number of aromatic nitrogens is 3. The lowest BCUT2D eigenvalue weighted by molar-refractivity contribution is 0.462. The number of hydrogen-bond acceptors (Lipinski definition) is 2. The number of nitrogens with zero attached hydrogens (tertiary/aromatic N) is 5. The lowest BCUT2D eigenvalue weighted by atomic mass is 10.1. The van der Waals surface area contributed by atoms with Crippen molar-refractivity contribution in [2.45, 2.75) is 33.5 Å². The first-order valence-corrected chi connectivity index (χ1v) is 10.2. The monoisotopic (exact) mass is 412 g/mol. The van der Waals surface area contributed by atoms with Gasteiger partial charge in [0.1, 0.15) is 5.82 Å². The van der Waals surface area contributed by atoms with Gasteiger partial charge in [-0.3, -0.25) is 0 Å². The van der Waals surface area contributed by atoms with Crippen LogP contribution in [0.4, 0.5) is 0 Å². The molecule has 2 aromatic heterocycles. The van der Waals surface area contributed by atoms with Gasteiger partial charge in [0.15, 0.2) is 5.96 Å². The standard InChI is InChI=1S/C22H29ClN6/c1-5-24-22(28(4)16-21-12-20(23)15-27(21)3)26-13-18-7-6-8-19(11-18)14-29-10-9-25-17(29)2/h6-12,15H,5,13-14,16H2,1-4H3,(H,24,26). The summed E-state index contributed by atoms with van der Waals surface area (Å²) in [5, 5.41) is 4.13. The number of aryl methyl sites for hydroxylation is 2. The van der Waals surface area contributed by atoms with Crippen LogP contribution < -0.4 is 5.32 Å². The fourth-order valence-corrected chi connectivity index (χ4v) is 3.54. The van der Waals surface area contributed by atoms with E-state index in [0.29, 0.717) is 6.54 Å². The van der Waals surface area contributed by atoms with Crippen molar-refractivity contribution < 1.29 is 0 Å². The first-order chi connectivity index (χ1) is 14.0. The van der Waals surface area contributed by atoms with E-state index in [0.717, 1.165) is 42.1 Å². The Bertz CT molecular complexity index is 971. The van der Waals surface area contributed by atoms with Gasteiger partial charge in [0.2, 0.25) is 0 Å². The fraction of sp³-hybridized carbons (Fsp3) is 0.364. The largest absolute Gasteiger partial charge is 0.357 e. The minimum atomic E-state index is 0.622. The predicted molar refractivity (Wildman–Crippen MR) is 119 cm³/mol. The van der Waals surface area contributed by atoms with E-state index in [1.807, 2.05) is 50.2 Å². The number of guanidine groups is 1. The van der Waals surface area contributed by atoms with Crippen molar-refractivity contribution in [3.8, 4) is 0 Å². The third kappa shape index (κ3) is 5.64. The molecule has 0 saturated carbocycles. The second kappa shape index (κ2) is 9.65. The summed E-state index contributed by atoms with van der Waals surface area (Å²) in [5.41, 5.74) is 3.57. The Hall–Kier alpha value is -2.73. The molecular weight excluding hydrogens is 384 g/mol. The molecule has 0 atom stereocenters. The number of rotatable bonds is 7. The van der Waals surface area contributed by atoms with Crippen LogP contribution in [0.25, 0.3) is 0 Å². The Balaban J connectivity index is 1.70. The van der Waals surface area contributed by atoms with E-state index in [9.17, 15) is 0 Å². The van der Waals surface area contributed by atoms with Gasteiger partial charge in [0, 0.05) is 51.5 Å². The van der Waals surface area contributed by atoms with Crippen LogP contribution in [-0.2, 0) is 26.7 Å². The maximum Gasteiger partial charge on any atom is 0.194 e. The van der Waals surface area contributed by atoms with Crippen LogP contribution in [0.5, 0.6) is 0 Å². The Labute approximate surface area is 177 Å². The van der Waals surface area contributed by atoms with Gasteiger partial charge >= 0.3 is 0 Å². The molecule has 0 bridgehead atoms. The van der Waals surface area contributed by atoms with Gasteiger partial charge in [-0.25, -0.2) is 9.98 Å². The molecule has 154 valence electrons. The Morgan fingerprint density at radius 3 is 2.72 bits per heavy atom. The highest BCUT2D eigenvalue weighted by Crippen LogP contribution is 2.14. The highest BCUT2D eigenvalue weighted by molar-refractivity contribution is 6.30. The van der Waals surface area contributed by atoms with Crippen molar-refractivity contribution >= 4 is 17.6 Å². The van der Waals surface area contributed by atoms with Crippen LogP contribution in [0.15, 0.2) is 53.9 Å². The van der Waals surface area contributed by atoms with E-state index in [-0.39, 0.29) is 0 Å². The van der Waals surface area contributed by atoms with E-state index in [2.05, 4.69) is 51.0 Å². The minimum absolute atomic E-state index is 0.622. The molecule has 0 spiro atoms. The van der Waals surface area contributed by atoms with Crippen LogP contribution in [0.3, 0.4) is 0 Å². The molecule has 0 aliphatic rings. The van der Waals surface area contributed by atoms with E-state index in [1.165, 1.54) is 11.1 Å². The second-order valence-electron chi connectivity index (χ2n) is 7.21. The Kier molecular flexibility index (Phi) is 6.99. The molecule has 0 amide bonds. The van der Waals surface area contributed by atoms with Crippen molar-refractivity contribution in [2.24, 2.45) is 12.0 Å². The number of aliphatic imine (C=N–C) groups is 1. The van der Waals surface area contributed by atoms with Gasteiger partial charge in [-0.2, -0.15) is 0 Å². The average Bonchev–Trinajstić information content (AvgIpc) is 3.23. The second-order valence-corrected chi connectivity index (χ2v) is 7.65. The third-order valence-corrected chi connectivity index (χ3v) is 5.06. The molecule has 0 aliphatic carbocycles. The highest BCUT2D eigenvalue weighted by Gasteiger charge is 2.10. The van der Waals surface area contributed by atoms with Crippen LogP contribution >= 0.6 is 11.6 Å². The van der Waals surface area contributed by atoms with Crippen LogP contribution in [-0.4, -0.2) is 38.6 Å². The topological polar surface area (TPSA) is 50.4 Å². The number of hydrogen-bond donors (Lipinski definition) is 1. The lowest BCUT2D eigenvalue weighted by Gasteiger charge is -2.22. The molecular formula is C22H29ClN6. The first-order valence-electron chi connectivity index (χ1n) is 9.82. The van der Waals surface area contributed by atoms with Gasteiger partial charge in [0.05, 0.1) is 18.1 Å². The zero-order valence-corrected chi connectivity index (χ0v) is 18.3. The van der Waals surface area contributed by atoms with Crippen LogP contribution in [0.1, 0.15) is 29.6 Å². The molecule has 0 radical (unpaired) electrons. The maximum absolute atomic E-state index is 6.12. The summed E-state index contributed by atoms with van der Waals surface area (Å²) in [7, 11) is 4.05. The lowest BCUT2D eigenvalue weighted by Crippen LogP contribution is -2.38. The van der Waals surface area contributed by atoms with E-state index >= 15 is 0 Å². The zero-order valence-electron chi connectivity index (χ0n) is 17.6. The van der Waals surface area contributed by atoms with Crippen molar-refractivity contribution in [3.63, 3.8) is 0 Å². The van der Waals surface area contributed by atoms with Crippen molar-refractivity contribution in [2.75, 3.05) is 13.6 Å². The number of imidazole rings is 1. The summed E-state index contributed by atoms with van der Waals surface area (Å²) in [6.07, 6.45) is 5.76. The molecule has 3 rings (SSSR count). The smallest absolute Gasteiger partial charge is 0.194 e. The summed E-state index contributed by atoms with van der Waals surface area (Å²) in [6, 6.07) is 10.6. The zero-order chi connectivity index (χ0) is 20.8. The first kappa shape index (κ1) is 21.0. The summed E-state index contributed by atoms with van der Waals surface area (Å²) in [4.78, 5) is 11.3. The predicted octanol–water partition coefficient (Wildman–Crippen LogP) is 3.83. The van der Waals surface area contributed by atoms with Crippen molar-refractivity contribution in [3.05, 3.63) is 76.6 Å². The fourth-order valence-electron chi connectivity index (χ4n) is 3.27. The molecule has 1 aromatic carbocycles. The normalized spacial score (nSPS) is 11.7. The third-order valence-electron chi connectivity index (χ3n) is 4.85. The van der Waals surface area contributed by atoms with Gasteiger partial charge in [0.25, 0.3) is 0 Å². The number of benzene rings is 1. The minimum Gasteiger partial charge on any atom is -0.357 e. The molecule has 0 aliphatic heterocycles. The van der Waals surface area contributed by atoms with Crippen LogP contribution in [0, 0.1) is 6.92 Å². The summed E-state index contributed by atoms with van der Waals surface area (Å²) in [6.45, 7) is 7.09. The van der Waals surface area contributed by atoms with Crippen molar-refractivity contribution in [1.82, 2.24) is 24.3 Å². The summed E-state index contributed by atoms with van der Waals surface area (Å²) >= 11 is 6.12. The highest BCUT2D eigenvalue weighted by atomic mass is 35.5. The molecule has 1 N–H and O–H groups in total. The number of nitrogens with one attached hydrogen (secondary N) is 1. The summed E-state index contributed by atoms with van der Waals surface area (Å²) < 4.78 is 4.19. The van der Waals surface area contributed by atoms with Gasteiger partial charge in [-0.05, 0) is 31.0 Å². The van der Waals surface area contributed by atoms with E-state index in [1.54, 1.807) is 0 Å². The van der Waals surface area contributed by atoms with Crippen LogP contribution in [0.2, 0.25) is 5.02 Å². The Morgan fingerprint density at radius 1 is 1.28 bits per heavy atom. The quantitative estimate of drug-likeness (QED) is 0.474. The van der Waals surface area contributed by atoms with Crippen molar-refractivity contribution in [1.29, 1.82) is 0 Å². The maximum atomic E-state index is 6.12. The van der Waals surface area contributed by atoms with E-state index < -0.39 is 0 Å². The summed E-state index contributed by atoms with van der Waals surface area (Å²) in [5.74, 6) is 1.89. The van der Waals surface area contributed by atoms with Gasteiger partial charge in [-0.15, -0.1) is 0 Å². The molecule has 0 fully saturated rings. The average molecular weight is 413 g/mol. The van der Waals surface area contributed by atoms with Gasteiger partial charge in [-0.1, -0.05) is 35.9 Å². The molecule has 29 heavy (non-hydrogen) atoms. The van der Waals surface area contributed by atoms with E-state index in [4.69, 9.17) is 16.6 Å². The SMILES string of the molecule is CCNC(=NCc1cccc(Cn2ccnc2C)c1)N(C)Cc1cc(Cl)cn1C. The molecule has 0 unspecified atom stereocenters. The molecule has 6 nitrogen and oxygen atoms in total. The molecule has 7 heteroatoms. The molecule has 3 aromatic rings. The molecule has 0 saturated heterocycles. The Morgan fingerprint density at radius 2 is 2.07 bits per heavy atom. The molecule has 2 heterocycles.